The van der Waals surface area contributed by atoms with Crippen LogP contribution in [0.4, 0.5) is 0 Å². The van der Waals surface area contributed by atoms with Crippen LogP contribution in [0.2, 0.25) is 0 Å². The van der Waals surface area contributed by atoms with Crippen molar-refractivity contribution >= 4 is 5.71 Å². The molecule has 0 saturated carbocycles. The molecule has 120 valence electrons. The normalized spacial score (nSPS) is 14.6. The fourth-order valence-corrected chi connectivity index (χ4v) is 2.00. The van der Waals surface area contributed by atoms with Crippen LogP contribution in [0.5, 0.6) is 0 Å². The Kier molecular flexibility index (Phi) is 9.78. The maximum absolute atomic E-state index is 5.40. The Balaban J connectivity index is 2.33. The van der Waals surface area contributed by atoms with Crippen LogP contribution in [0.25, 0.3) is 0 Å². The highest BCUT2D eigenvalue weighted by atomic mass is 16.7. The van der Waals surface area contributed by atoms with Crippen molar-refractivity contribution in [1.82, 2.24) is 10.6 Å². The highest BCUT2D eigenvalue weighted by molar-refractivity contribution is 6.12. The first kappa shape index (κ1) is 17.9. The minimum absolute atomic E-state index is 0.347. The van der Waals surface area contributed by atoms with Crippen molar-refractivity contribution in [2.45, 2.75) is 26.7 Å². The highest BCUT2D eigenvalue weighted by Crippen LogP contribution is 2.13. The van der Waals surface area contributed by atoms with Gasteiger partial charge in [0, 0.05) is 26.2 Å². The molecule has 1 rings (SSSR count). The van der Waals surface area contributed by atoms with Gasteiger partial charge in [-0.1, -0.05) is 19.6 Å². The molecule has 0 aromatic rings. The van der Waals surface area contributed by atoms with Gasteiger partial charge in [0.05, 0.1) is 18.0 Å². The number of ether oxygens (including phenoxy) is 2. The standard InChI is InChI=1S/C16H29N3O2/c1-4-17-10-11-18-15-7-6-9-19-16(15)14(3)8-12-21-13-20-5-2/h7,17-18H,3-6,8-13H2,1-2H3. The molecule has 1 aliphatic rings. The molecule has 0 fully saturated rings. The molecule has 0 aromatic carbocycles. The summed E-state index contributed by atoms with van der Waals surface area (Å²) in [6, 6.07) is 0. The van der Waals surface area contributed by atoms with Gasteiger partial charge in [-0.25, -0.2) is 0 Å². The summed E-state index contributed by atoms with van der Waals surface area (Å²) in [5.41, 5.74) is 3.13. The van der Waals surface area contributed by atoms with Crippen LogP contribution < -0.4 is 10.6 Å². The lowest BCUT2D eigenvalue weighted by Crippen LogP contribution is -2.31. The monoisotopic (exact) mass is 295 g/mol. The topological polar surface area (TPSA) is 54.9 Å². The van der Waals surface area contributed by atoms with Crippen LogP contribution in [0.3, 0.4) is 0 Å². The molecule has 0 bridgehead atoms. The molecular formula is C16H29N3O2. The number of aliphatic imine (C=N–C) groups is 1. The average Bonchev–Trinajstić information content (AvgIpc) is 2.51. The highest BCUT2D eigenvalue weighted by Gasteiger charge is 2.13. The SMILES string of the molecule is C=C(CCOCOCC)C1=NCCC=C1NCCNCC. The van der Waals surface area contributed by atoms with Gasteiger partial charge in [-0.15, -0.1) is 0 Å². The summed E-state index contributed by atoms with van der Waals surface area (Å²) in [5, 5.41) is 6.74. The van der Waals surface area contributed by atoms with E-state index in [1.54, 1.807) is 0 Å². The molecule has 0 amide bonds. The van der Waals surface area contributed by atoms with Crippen LogP contribution in [0.15, 0.2) is 28.9 Å². The zero-order chi connectivity index (χ0) is 15.3. The third-order valence-electron chi connectivity index (χ3n) is 3.12. The maximum atomic E-state index is 5.40. The fourth-order valence-electron chi connectivity index (χ4n) is 2.00. The maximum Gasteiger partial charge on any atom is 0.146 e. The van der Waals surface area contributed by atoms with E-state index >= 15 is 0 Å². The lowest BCUT2D eigenvalue weighted by Gasteiger charge is -2.19. The third-order valence-corrected chi connectivity index (χ3v) is 3.12. The van der Waals surface area contributed by atoms with E-state index in [1.807, 2.05) is 6.92 Å². The molecule has 0 radical (unpaired) electrons. The molecule has 1 heterocycles. The van der Waals surface area contributed by atoms with Gasteiger partial charge in [-0.2, -0.15) is 0 Å². The predicted octanol–water partition coefficient (Wildman–Crippen LogP) is 1.87. The second-order valence-electron chi connectivity index (χ2n) is 4.79. The first-order chi connectivity index (χ1) is 10.3. The lowest BCUT2D eigenvalue weighted by molar-refractivity contribution is -0.0478. The van der Waals surface area contributed by atoms with E-state index in [0.717, 1.165) is 56.0 Å². The van der Waals surface area contributed by atoms with Gasteiger partial charge in [-0.05, 0) is 31.9 Å². The fraction of sp³-hybridized carbons (Fsp3) is 0.688. The smallest absolute Gasteiger partial charge is 0.146 e. The third kappa shape index (κ3) is 7.41. The average molecular weight is 295 g/mol. The van der Waals surface area contributed by atoms with E-state index in [1.165, 1.54) is 0 Å². The summed E-state index contributed by atoms with van der Waals surface area (Å²) in [4.78, 5) is 4.60. The van der Waals surface area contributed by atoms with Crippen molar-refractivity contribution in [1.29, 1.82) is 0 Å². The first-order valence-corrected chi connectivity index (χ1v) is 7.82. The number of nitrogens with zero attached hydrogens (tertiary/aromatic N) is 1. The molecule has 2 N–H and O–H groups in total. The minimum atomic E-state index is 0.347. The largest absolute Gasteiger partial charge is 0.382 e. The van der Waals surface area contributed by atoms with Crippen molar-refractivity contribution in [2.75, 3.05) is 46.2 Å². The molecule has 5 nitrogen and oxygen atoms in total. The van der Waals surface area contributed by atoms with Crippen LogP contribution in [-0.4, -0.2) is 51.9 Å². The summed E-state index contributed by atoms with van der Waals surface area (Å²) < 4.78 is 10.5. The summed E-state index contributed by atoms with van der Waals surface area (Å²) >= 11 is 0. The predicted molar refractivity (Wildman–Crippen MR) is 87.8 cm³/mol. The number of hydrogen-bond acceptors (Lipinski definition) is 5. The van der Waals surface area contributed by atoms with Crippen LogP contribution >= 0.6 is 0 Å². The Bertz CT molecular complexity index is 365. The van der Waals surface area contributed by atoms with Gasteiger partial charge in [0.2, 0.25) is 0 Å². The van der Waals surface area contributed by atoms with Crippen molar-refractivity contribution in [3.63, 3.8) is 0 Å². The van der Waals surface area contributed by atoms with Gasteiger partial charge in [0.25, 0.3) is 0 Å². The molecule has 0 aromatic heterocycles. The molecule has 0 saturated heterocycles. The van der Waals surface area contributed by atoms with Crippen molar-refractivity contribution < 1.29 is 9.47 Å². The Morgan fingerprint density at radius 1 is 1.33 bits per heavy atom. The van der Waals surface area contributed by atoms with Crippen molar-refractivity contribution in [3.8, 4) is 0 Å². The molecule has 1 aliphatic heterocycles. The summed E-state index contributed by atoms with van der Waals surface area (Å²) in [6.45, 7) is 13.5. The van der Waals surface area contributed by atoms with E-state index in [-0.39, 0.29) is 0 Å². The second kappa shape index (κ2) is 11.5. The number of nitrogens with one attached hydrogen (secondary N) is 2. The summed E-state index contributed by atoms with van der Waals surface area (Å²) in [7, 11) is 0. The minimum Gasteiger partial charge on any atom is -0.382 e. The Morgan fingerprint density at radius 2 is 2.19 bits per heavy atom. The number of hydrogen-bond donors (Lipinski definition) is 2. The zero-order valence-electron chi connectivity index (χ0n) is 13.4. The Hall–Kier alpha value is -1.17. The van der Waals surface area contributed by atoms with Gasteiger partial charge < -0.3 is 20.1 Å². The molecule has 0 atom stereocenters. The van der Waals surface area contributed by atoms with E-state index in [9.17, 15) is 0 Å². The Labute approximate surface area is 128 Å². The number of allylic oxidation sites excluding steroid dienone is 1. The summed E-state index contributed by atoms with van der Waals surface area (Å²) in [5.74, 6) is 0. The molecule has 0 spiro atoms. The summed E-state index contributed by atoms with van der Waals surface area (Å²) in [6.07, 6.45) is 3.97. The molecule has 21 heavy (non-hydrogen) atoms. The van der Waals surface area contributed by atoms with Crippen LogP contribution in [0, 0.1) is 0 Å². The zero-order valence-corrected chi connectivity index (χ0v) is 13.4. The van der Waals surface area contributed by atoms with Gasteiger partial charge in [0.1, 0.15) is 6.79 Å². The van der Waals surface area contributed by atoms with E-state index in [4.69, 9.17) is 9.47 Å². The molecular weight excluding hydrogens is 266 g/mol. The molecule has 0 unspecified atom stereocenters. The number of dihydropyridines is 1. The van der Waals surface area contributed by atoms with Crippen LogP contribution in [-0.2, 0) is 9.47 Å². The van der Waals surface area contributed by atoms with Gasteiger partial charge >= 0.3 is 0 Å². The van der Waals surface area contributed by atoms with Gasteiger partial charge in [-0.3, -0.25) is 4.99 Å². The molecule has 0 aliphatic carbocycles. The van der Waals surface area contributed by atoms with E-state index < -0.39 is 0 Å². The van der Waals surface area contributed by atoms with Gasteiger partial charge in [0.15, 0.2) is 0 Å². The number of rotatable bonds is 12. The van der Waals surface area contributed by atoms with Crippen molar-refractivity contribution in [3.05, 3.63) is 23.9 Å². The lowest BCUT2D eigenvalue weighted by atomic mass is 10.0. The van der Waals surface area contributed by atoms with E-state index in [2.05, 4.69) is 35.2 Å². The van der Waals surface area contributed by atoms with E-state index in [0.29, 0.717) is 20.0 Å². The quantitative estimate of drug-likeness (QED) is 0.426. The van der Waals surface area contributed by atoms with Crippen molar-refractivity contribution in [2.24, 2.45) is 4.99 Å². The number of likely N-dealkylation sites (N-methyl/N-ethyl adjacent to an activating group) is 1. The molecule has 5 heteroatoms. The first-order valence-electron chi connectivity index (χ1n) is 7.82. The second-order valence-corrected chi connectivity index (χ2v) is 4.79. The van der Waals surface area contributed by atoms with Crippen LogP contribution in [0.1, 0.15) is 26.7 Å². The Morgan fingerprint density at radius 3 is 2.95 bits per heavy atom.